The highest BCUT2D eigenvalue weighted by Gasteiger charge is 2.15. The molecular weight excluding hydrogens is 319 g/mol. The Balaban J connectivity index is 2.19. The maximum absolute atomic E-state index is 13.9. The molecule has 1 N–H and O–H groups in total. The fourth-order valence-electron chi connectivity index (χ4n) is 1.70. The number of rotatable bonds is 4. The molecule has 2 rings (SSSR count). The predicted octanol–water partition coefficient (Wildman–Crippen LogP) is 3.93. The van der Waals surface area contributed by atoms with Crippen LogP contribution in [0, 0.1) is 5.82 Å². The second-order valence-electron chi connectivity index (χ2n) is 3.84. The molecule has 18 heavy (non-hydrogen) atoms. The average molecular weight is 331 g/mol. The lowest BCUT2D eigenvalue weighted by Crippen LogP contribution is -2.03. The van der Waals surface area contributed by atoms with Gasteiger partial charge in [-0.15, -0.1) is 11.3 Å². The quantitative estimate of drug-likeness (QED) is 0.920. The third-order valence-corrected chi connectivity index (χ3v) is 4.17. The van der Waals surface area contributed by atoms with E-state index >= 15 is 0 Å². The Labute approximate surface area is 117 Å². The molecule has 1 aromatic carbocycles. The number of benzene rings is 1. The van der Waals surface area contributed by atoms with Gasteiger partial charge >= 0.3 is 0 Å². The second-order valence-corrected chi connectivity index (χ2v) is 6.13. The summed E-state index contributed by atoms with van der Waals surface area (Å²) in [5.74, 6) is -0.209. The molecule has 2 nitrogen and oxygen atoms in total. The maximum atomic E-state index is 13.9. The molecule has 0 radical (unpaired) electrons. The number of methoxy groups -OCH3 is 1. The minimum absolute atomic E-state index is 0.200. The van der Waals surface area contributed by atoms with Crippen molar-refractivity contribution < 1.29 is 14.2 Å². The van der Waals surface area contributed by atoms with Gasteiger partial charge in [-0.1, -0.05) is 12.1 Å². The highest BCUT2D eigenvalue weighted by molar-refractivity contribution is 9.11. The van der Waals surface area contributed by atoms with Crippen molar-refractivity contribution in [1.29, 1.82) is 0 Å². The molecule has 1 aromatic heterocycles. The topological polar surface area (TPSA) is 29.5 Å². The zero-order chi connectivity index (χ0) is 13.1. The zero-order valence-corrected chi connectivity index (χ0v) is 12.1. The van der Waals surface area contributed by atoms with Crippen molar-refractivity contribution in [2.45, 2.75) is 12.5 Å². The number of thiophene rings is 1. The number of aliphatic hydroxyl groups excluding tert-OH is 1. The minimum atomic E-state index is -0.714. The van der Waals surface area contributed by atoms with Gasteiger partial charge in [0.2, 0.25) is 0 Å². The van der Waals surface area contributed by atoms with Crippen molar-refractivity contribution in [3.63, 3.8) is 0 Å². The van der Waals surface area contributed by atoms with Gasteiger partial charge in [0.05, 0.1) is 17.0 Å². The lowest BCUT2D eigenvalue weighted by Gasteiger charge is -2.11. The van der Waals surface area contributed by atoms with Crippen LogP contribution in [0.2, 0.25) is 0 Å². The van der Waals surface area contributed by atoms with Crippen LogP contribution in [0.4, 0.5) is 4.39 Å². The first kappa shape index (κ1) is 13.5. The normalized spacial score (nSPS) is 12.4. The maximum Gasteiger partial charge on any atom is 0.168 e. The summed E-state index contributed by atoms with van der Waals surface area (Å²) in [5.41, 5.74) is 1.23. The van der Waals surface area contributed by atoms with Crippen molar-refractivity contribution >= 4 is 27.3 Å². The summed E-state index contributed by atoms with van der Waals surface area (Å²) < 4.78 is 19.8. The van der Waals surface area contributed by atoms with Crippen molar-refractivity contribution in [3.8, 4) is 5.75 Å². The van der Waals surface area contributed by atoms with Gasteiger partial charge in [0.15, 0.2) is 11.6 Å². The molecule has 0 saturated heterocycles. The Morgan fingerprint density at radius 2 is 2.28 bits per heavy atom. The standard InChI is InChI=1S/C13H12BrFO2S/c1-17-11-4-2-3-8(13(11)15)5-10(16)9-6-12(14)18-7-9/h2-4,6-7,10,16H,5H2,1H3. The smallest absolute Gasteiger partial charge is 0.168 e. The molecule has 0 fully saturated rings. The molecule has 0 aliphatic heterocycles. The molecule has 1 atom stereocenters. The van der Waals surface area contributed by atoms with Crippen LogP contribution in [0.1, 0.15) is 17.2 Å². The summed E-state index contributed by atoms with van der Waals surface area (Å²) in [6.45, 7) is 0. The van der Waals surface area contributed by atoms with Crippen LogP contribution in [0.25, 0.3) is 0 Å². The van der Waals surface area contributed by atoms with Crippen molar-refractivity contribution in [2.75, 3.05) is 7.11 Å². The molecule has 0 amide bonds. The molecule has 1 unspecified atom stereocenters. The Morgan fingerprint density at radius 1 is 1.50 bits per heavy atom. The van der Waals surface area contributed by atoms with Crippen LogP contribution in [0.5, 0.6) is 5.75 Å². The van der Waals surface area contributed by atoms with Crippen molar-refractivity contribution in [1.82, 2.24) is 0 Å². The number of aliphatic hydroxyl groups is 1. The molecule has 1 heterocycles. The Hall–Kier alpha value is -0.910. The van der Waals surface area contributed by atoms with E-state index in [1.165, 1.54) is 18.4 Å². The largest absolute Gasteiger partial charge is 0.494 e. The van der Waals surface area contributed by atoms with E-state index in [2.05, 4.69) is 15.9 Å². The van der Waals surface area contributed by atoms with Crippen molar-refractivity contribution in [3.05, 3.63) is 50.4 Å². The monoisotopic (exact) mass is 330 g/mol. The fourth-order valence-corrected chi connectivity index (χ4v) is 2.92. The summed E-state index contributed by atoms with van der Waals surface area (Å²) in [6.07, 6.45) is -0.485. The lowest BCUT2D eigenvalue weighted by molar-refractivity contribution is 0.177. The number of halogens is 2. The second kappa shape index (κ2) is 5.82. The zero-order valence-electron chi connectivity index (χ0n) is 9.69. The predicted molar refractivity (Wildman–Crippen MR) is 73.6 cm³/mol. The summed E-state index contributed by atoms with van der Waals surface area (Å²) in [7, 11) is 1.43. The van der Waals surface area contributed by atoms with Crippen molar-refractivity contribution in [2.24, 2.45) is 0 Å². The van der Waals surface area contributed by atoms with E-state index < -0.39 is 11.9 Å². The highest BCUT2D eigenvalue weighted by Crippen LogP contribution is 2.29. The SMILES string of the molecule is COc1cccc(CC(O)c2csc(Br)c2)c1F. The minimum Gasteiger partial charge on any atom is -0.494 e. The number of ether oxygens (including phenoxy) is 1. The van der Waals surface area contributed by atoms with E-state index in [1.54, 1.807) is 18.2 Å². The fraction of sp³-hybridized carbons (Fsp3) is 0.231. The van der Waals surface area contributed by atoms with Gasteiger partial charge in [0, 0.05) is 6.42 Å². The first-order chi connectivity index (χ1) is 8.61. The van der Waals surface area contributed by atoms with Crippen LogP contribution >= 0.6 is 27.3 Å². The average Bonchev–Trinajstić information content (AvgIpc) is 2.78. The van der Waals surface area contributed by atoms with Gasteiger partial charge in [-0.3, -0.25) is 0 Å². The summed E-state index contributed by atoms with van der Waals surface area (Å²) in [6, 6.07) is 6.77. The highest BCUT2D eigenvalue weighted by atomic mass is 79.9. The Morgan fingerprint density at radius 3 is 2.89 bits per heavy atom. The molecule has 0 bridgehead atoms. The summed E-state index contributed by atoms with van der Waals surface area (Å²) in [5, 5.41) is 11.9. The third-order valence-electron chi connectivity index (χ3n) is 2.65. The molecule has 5 heteroatoms. The van der Waals surface area contributed by atoms with Crippen LogP contribution < -0.4 is 4.74 Å². The molecule has 2 aromatic rings. The van der Waals surface area contributed by atoms with Crippen LogP contribution in [-0.2, 0) is 6.42 Å². The number of hydrogen-bond donors (Lipinski definition) is 1. The van der Waals surface area contributed by atoms with Crippen LogP contribution in [-0.4, -0.2) is 12.2 Å². The van der Waals surface area contributed by atoms with E-state index in [9.17, 15) is 9.50 Å². The van der Waals surface area contributed by atoms with Gasteiger partial charge in [-0.05, 0) is 44.6 Å². The van der Waals surface area contributed by atoms with E-state index in [1.807, 2.05) is 11.4 Å². The number of hydrogen-bond acceptors (Lipinski definition) is 3. The summed E-state index contributed by atoms with van der Waals surface area (Å²) >= 11 is 4.83. The van der Waals surface area contributed by atoms with Gasteiger partial charge in [0.1, 0.15) is 0 Å². The molecule has 0 spiro atoms. The van der Waals surface area contributed by atoms with E-state index in [0.717, 1.165) is 9.35 Å². The first-order valence-corrected chi connectivity index (χ1v) is 7.02. The third kappa shape index (κ3) is 2.91. The van der Waals surface area contributed by atoms with Gasteiger partial charge in [-0.25, -0.2) is 4.39 Å². The first-order valence-electron chi connectivity index (χ1n) is 5.35. The molecular formula is C13H12BrFO2S. The lowest BCUT2D eigenvalue weighted by atomic mass is 10.0. The summed E-state index contributed by atoms with van der Waals surface area (Å²) in [4.78, 5) is 0. The van der Waals surface area contributed by atoms with E-state index in [-0.39, 0.29) is 12.2 Å². The van der Waals surface area contributed by atoms with Gasteiger partial charge in [0.25, 0.3) is 0 Å². The Bertz CT molecular complexity index is 542. The Kier molecular flexibility index (Phi) is 4.37. The van der Waals surface area contributed by atoms with Crippen LogP contribution in [0.3, 0.4) is 0 Å². The molecule has 0 saturated carbocycles. The molecule has 0 aliphatic rings. The van der Waals surface area contributed by atoms with E-state index in [0.29, 0.717) is 5.56 Å². The molecule has 96 valence electrons. The van der Waals surface area contributed by atoms with E-state index in [4.69, 9.17) is 4.74 Å². The van der Waals surface area contributed by atoms with Gasteiger partial charge in [-0.2, -0.15) is 0 Å². The van der Waals surface area contributed by atoms with Gasteiger partial charge < -0.3 is 9.84 Å². The molecule has 0 aliphatic carbocycles. The van der Waals surface area contributed by atoms with Crippen LogP contribution in [0.15, 0.2) is 33.4 Å².